The number of aliphatic imine (C=N–C) groups is 1. The van der Waals surface area contributed by atoms with E-state index >= 15 is 0 Å². The molecule has 0 aliphatic carbocycles. The Morgan fingerprint density at radius 1 is 1.03 bits per heavy atom. The van der Waals surface area contributed by atoms with E-state index in [9.17, 15) is 0 Å². The molecule has 6 heteroatoms. The largest absolute Gasteiger partial charge is 0.444 e. The van der Waals surface area contributed by atoms with Gasteiger partial charge in [-0.05, 0) is 59.5 Å². The van der Waals surface area contributed by atoms with Gasteiger partial charge in [-0.2, -0.15) is 0 Å². The van der Waals surface area contributed by atoms with Gasteiger partial charge in [0, 0.05) is 18.7 Å². The Morgan fingerprint density at radius 2 is 1.76 bits per heavy atom. The molecule has 160 valence electrons. The van der Waals surface area contributed by atoms with Gasteiger partial charge in [0.25, 0.3) is 0 Å². The van der Waals surface area contributed by atoms with E-state index in [1.165, 1.54) is 37.8 Å². The first-order valence-electron chi connectivity index (χ1n) is 10.8. The van der Waals surface area contributed by atoms with Crippen LogP contribution in [0.5, 0.6) is 0 Å². The second-order valence-corrected chi connectivity index (χ2v) is 7.70. The van der Waals surface area contributed by atoms with Crippen LogP contribution in [0.3, 0.4) is 0 Å². The van der Waals surface area contributed by atoms with Crippen molar-refractivity contribution in [2.75, 3.05) is 33.7 Å². The first-order chi connectivity index (χ1) is 14.1. The highest BCUT2D eigenvalue weighted by Gasteiger charge is 2.06. The van der Waals surface area contributed by atoms with E-state index in [1.807, 2.05) is 12.1 Å². The highest BCUT2D eigenvalue weighted by Crippen LogP contribution is 2.19. The molecular formula is C23H37N5O. The molecule has 0 fully saturated rings. The van der Waals surface area contributed by atoms with E-state index in [4.69, 9.17) is 4.42 Å². The van der Waals surface area contributed by atoms with Crippen LogP contribution in [0.25, 0.3) is 11.5 Å². The number of guanidine groups is 1. The minimum absolute atomic E-state index is 0.495. The summed E-state index contributed by atoms with van der Waals surface area (Å²) in [6, 6.07) is 8.18. The Hall–Kier alpha value is -2.34. The quantitative estimate of drug-likeness (QED) is 0.318. The second-order valence-electron chi connectivity index (χ2n) is 7.70. The summed E-state index contributed by atoms with van der Waals surface area (Å²) in [6.45, 7) is 7.60. The lowest BCUT2D eigenvalue weighted by atomic mass is 10.1. The zero-order valence-electron chi connectivity index (χ0n) is 18.5. The van der Waals surface area contributed by atoms with Crippen molar-refractivity contribution in [1.29, 1.82) is 0 Å². The number of hydrogen-bond donors (Lipinski definition) is 2. The maximum absolute atomic E-state index is 5.62. The first kappa shape index (κ1) is 22.9. The van der Waals surface area contributed by atoms with Crippen LogP contribution >= 0.6 is 0 Å². The molecular weight excluding hydrogens is 362 g/mol. The van der Waals surface area contributed by atoms with Gasteiger partial charge >= 0.3 is 0 Å². The molecule has 2 aromatic rings. The van der Waals surface area contributed by atoms with E-state index in [0.29, 0.717) is 12.4 Å². The maximum Gasteiger partial charge on any atom is 0.226 e. The van der Waals surface area contributed by atoms with Crippen LogP contribution in [-0.2, 0) is 6.54 Å². The van der Waals surface area contributed by atoms with Crippen molar-refractivity contribution in [1.82, 2.24) is 20.5 Å². The minimum Gasteiger partial charge on any atom is -0.444 e. The van der Waals surface area contributed by atoms with Gasteiger partial charge in [-0.25, -0.2) is 9.98 Å². The van der Waals surface area contributed by atoms with Crippen LogP contribution in [-0.4, -0.2) is 49.6 Å². The first-order valence-corrected chi connectivity index (χ1v) is 10.8. The van der Waals surface area contributed by atoms with Crippen molar-refractivity contribution in [3.05, 3.63) is 41.8 Å². The maximum atomic E-state index is 5.62. The monoisotopic (exact) mass is 399 g/mol. The molecule has 0 saturated carbocycles. The molecule has 0 atom stereocenters. The van der Waals surface area contributed by atoms with Crippen LogP contribution in [0.4, 0.5) is 0 Å². The summed E-state index contributed by atoms with van der Waals surface area (Å²) in [4.78, 5) is 11.4. The molecule has 0 amide bonds. The molecule has 0 aliphatic rings. The van der Waals surface area contributed by atoms with Crippen molar-refractivity contribution in [2.45, 2.75) is 52.5 Å². The molecule has 2 rings (SSSR count). The molecule has 1 heterocycles. The average Bonchev–Trinajstić information content (AvgIpc) is 3.17. The van der Waals surface area contributed by atoms with Gasteiger partial charge in [-0.1, -0.05) is 37.0 Å². The van der Waals surface area contributed by atoms with Crippen molar-refractivity contribution >= 4 is 5.96 Å². The normalized spacial score (nSPS) is 11.8. The fourth-order valence-electron chi connectivity index (χ4n) is 3.00. The number of nitrogens with zero attached hydrogens (tertiary/aromatic N) is 3. The number of benzene rings is 1. The number of unbranched alkanes of at least 4 members (excludes halogenated alkanes) is 4. The molecule has 1 aromatic carbocycles. The fraction of sp³-hybridized carbons (Fsp3) is 0.565. The van der Waals surface area contributed by atoms with Gasteiger partial charge in [-0.15, -0.1) is 0 Å². The zero-order valence-corrected chi connectivity index (χ0v) is 18.5. The van der Waals surface area contributed by atoms with Gasteiger partial charge in [0.2, 0.25) is 5.89 Å². The minimum atomic E-state index is 0.495. The Morgan fingerprint density at radius 3 is 2.48 bits per heavy atom. The van der Waals surface area contributed by atoms with Gasteiger partial charge in [0.1, 0.15) is 12.0 Å². The lowest BCUT2D eigenvalue weighted by Crippen LogP contribution is -2.37. The summed E-state index contributed by atoms with van der Waals surface area (Å²) < 4.78 is 5.62. The third-order valence-corrected chi connectivity index (χ3v) is 4.67. The molecule has 0 bridgehead atoms. The van der Waals surface area contributed by atoms with Crippen LogP contribution < -0.4 is 10.6 Å². The summed E-state index contributed by atoms with van der Waals surface area (Å²) >= 11 is 0. The van der Waals surface area contributed by atoms with Crippen molar-refractivity contribution in [3.63, 3.8) is 0 Å². The highest BCUT2D eigenvalue weighted by atomic mass is 16.3. The van der Waals surface area contributed by atoms with Gasteiger partial charge < -0.3 is 20.0 Å². The molecule has 2 N–H and O–H groups in total. The molecule has 29 heavy (non-hydrogen) atoms. The molecule has 6 nitrogen and oxygen atoms in total. The number of hydrogen-bond acceptors (Lipinski definition) is 4. The standard InChI is InChI=1S/C23H37N5O/c1-5-24-23(25-15-9-7-6-8-10-16-28(3)4)26-17-21-18-29-22(27-21)20-13-11-19(2)12-14-20/h11-14,18H,5-10,15-17H2,1-4H3,(H2,24,25,26). The summed E-state index contributed by atoms with van der Waals surface area (Å²) in [5, 5.41) is 6.71. The third-order valence-electron chi connectivity index (χ3n) is 4.67. The number of aromatic nitrogens is 1. The van der Waals surface area contributed by atoms with Gasteiger partial charge in [-0.3, -0.25) is 0 Å². The van der Waals surface area contributed by atoms with Crippen LogP contribution in [0.2, 0.25) is 0 Å². The van der Waals surface area contributed by atoms with E-state index in [0.717, 1.165) is 36.7 Å². The average molecular weight is 400 g/mol. The van der Waals surface area contributed by atoms with Gasteiger partial charge in [0.15, 0.2) is 5.96 Å². The lowest BCUT2D eigenvalue weighted by Gasteiger charge is -2.11. The number of rotatable bonds is 12. The Labute approximate surface area is 175 Å². The lowest BCUT2D eigenvalue weighted by molar-refractivity contribution is 0.389. The summed E-state index contributed by atoms with van der Waals surface area (Å²) in [7, 11) is 4.27. The van der Waals surface area contributed by atoms with Crippen molar-refractivity contribution in [3.8, 4) is 11.5 Å². The summed E-state index contributed by atoms with van der Waals surface area (Å²) in [5.74, 6) is 1.47. The van der Waals surface area contributed by atoms with E-state index < -0.39 is 0 Å². The number of oxazole rings is 1. The topological polar surface area (TPSA) is 65.7 Å². The molecule has 0 radical (unpaired) electrons. The van der Waals surface area contributed by atoms with Crippen LogP contribution in [0, 0.1) is 6.92 Å². The summed E-state index contributed by atoms with van der Waals surface area (Å²) in [5.41, 5.74) is 3.04. The van der Waals surface area contributed by atoms with Gasteiger partial charge in [0.05, 0.1) is 6.54 Å². The van der Waals surface area contributed by atoms with E-state index in [1.54, 1.807) is 6.26 Å². The van der Waals surface area contributed by atoms with Crippen molar-refractivity contribution in [2.24, 2.45) is 4.99 Å². The predicted molar refractivity (Wildman–Crippen MR) is 121 cm³/mol. The second kappa shape index (κ2) is 13.0. The van der Waals surface area contributed by atoms with Crippen molar-refractivity contribution < 1.29 is 4.42 Å². The van der Waals surface area contributed by atoms with Crippen LogP contribution in [0.15, 0.2) is 39.9 Å². The Bertz CT molecular complexity index is 721. The van der Waals surface area contributed by atoms with E-state index in [2.05, 4.69) is 65.6 Å². The molecule has 1 aromatic heterocycles. The molecule has 0 unspecified atom stereocenters. The number of aryl methyl sites for hydroxylation is 1. The van der Waals surface area contributed by atoms with E-state index in [-0.39, 0.29) is 0 Å². The van der Waals surface area contributed by atoms with Crippen LogP contribution in [0.1, 0.15) is 50.3 Å². The Balaban J connectivity index is 1.73. The third kappa shape index (κ3) is 9.13. The predicted octanol–water partition coefficient (Wildman–Crippen LogP) is 4.22. The fourth-order valence-corrected chi connectivity index (χ4v) is 3.00. The summed E-state index contributed by atoms with van der Waals surface area (Å²) in [6.07, 6.45) is 7.99. The molecule has 0 saturated heterocycles. The number of nitrogens with one attached hydrogen (secondary N) is 2. The SMILES string of the molecule is CCNC(=NCc1coc(-c2ccc(C)cc2)n1)NCCCCCCCN(C)C. The molecule has 0 aliphatic heterocycles. The highest BCUT2D eigenvalue weighted by molar-refractivity contribution is 5.79. The zero-order chi connectivity index (χ0) is 20.9. The molecule has 0 spiro atoms. The smallest absolute Gasteiger partial charge is 0.226 e. The Kier molecular flexibility index (Phi) is 10.3.